The molecule has 0 bridgehead atoms. The number of rotatable bonds is 1. The second-order valence-electron chi connectivity index (χ2n) is 2.57. The van der Waals surface area contributed by atoms with Gasteiger partial charge in [-0.1, -0.05) is 11.3 Å². The molecular weight excluding hydrogens is 269 g/mol. The van der Waals surface area contributed by atoms with Crippen LogP contribution in [0.5, 0.6) is 0 Å². The topological polar surface area (TPSA) is 51.8 Å². The molecule has 2 N–H and O–H groups in total. The minimum absolute atomic E-state index is 0.293. The molecule has 72 valence electrons. The molecule has 6 heteroatoms. The minimum atomic E-state index is -0.293. The van der Waals surface area contributed by atoms with E-state index in [2.05, 4.69) is 26.1 Å². The third-order valence-electron chi connectivity index (χ3n) is 1.60. The normalized spacial score (nSPS) is 10.4. The third kappa shape index (κ3) is 1.76. The Kier molecular flexibility index (Phi) is 2.47. The molecule has 0 saturated carbocycles. The molecule has 14 heavy (non-hydrogen) atoms. The summed E-state index contributed by atoms with van der Waals surface area (Å²) in [7, 11) is 0. The fourth-order valence-electron chi connectivity index (χ4n) is 1.01. The molecule has 0 unspecified atom stereocenters. The Labute approximate surface area is 91.9 Å². The lowest BCUT2D eigenvalue weighted by molar-refractivity contribution is 0.627. The van der Waals surface area contributed by atoms with Crippen LogP contribution in [-0.4, -0.2) is 10.2 Å². The number of nitrogens with two attached hydrogens (primary N) is 1. The predicted molar refractivity (Wildman–Crippen MR) is 57.4 cm³/mol. The highest BCUT2D eigenvalue weighted by Gasteiger charge is 2.08. The maximum atomic E-state index is 12.8. The average Bonchev–Trinajstić information content (AvgIpc) is 2.51. The van der Waals surface area contributed by atoms with Crippen LogP contribution in [0, 0.1) is 5.82 Å². The molecule has 0 spiro atoms. The molecule has 0 atom stereocenters. The van der Waals surface area contributed by atoms with Crippen LogP contribution in [0.25, 0.3) is 10.6 Å². The second kappa shape index (κ2) is 3.62. The van der Waals surface area contributed by atoms with Crippen molar-refractivity contribution in [2.75, 3.05) is 5.73 Å². The number of anilines is 1. The molecule has 0 amide bonds. The molecule has 0 radical (unpaired) electrons. The van der Waals surface area contributed by atoms with E-state index in [0.29, 0.717) is 14.6 Å². The number of aromatic nitrogens is 2. The molecule has 0 saturated heterocycles. The van der Waals surface area contributed by atoms with Gasteiger partial charge in [0.1, 0.15) is 5.82 Å². The van der Waals surface area contributed by atoms with Crippen LogP contribution < -0.4 is 5.73 Å². The summed E-state index contributed by atoms with van der Waals surface area (Å²) in [5.41, 5.74) is 6.24. The SMILES string of the molecule is Nc1nnc(-c2ccc(F)cc2Br)s1. The molecular formula is C8H5BrFN3S. The average molecular weight is 274 g/mol. The molecule has 2 aromatic rings. The Hall–Kier alpha value is -1.01. The number of nitrogen functional groups attached to an aromatic ring is 1. The van der Waals surface area contributed by atoms with Crippen molar-refractivity contribution in [2.45, 2.75) is 0 Å². The van der Waals surface area contributed by atoms with Crippen molar-refractivity contribution in [3.8, 4) is 10.6 Å². The van der Waals surface area contributed by atoms with E-state index in [1.165, 1.54) is 23.5 Å². The lowest BCUT2D eigenvalue weighted by Gasteiger charge is -1.98. The monoisotopic (exact) mass is 273 g/mol. The minimum Gasteiger partial charge on any atom is -0.374 e. The van der Waals surface area contributed by atoms with Crippen molar-refractivity contribution in [3.05, 3.63) is 28.5 Å². The third-order valence-corrected chi connectivity index (χ3v) is 3.04. The summed E-state index contributed by atoms with van der Waals surface area (Å²) in [5, 5.41) is 8.63. The van der Waals surface area contributed by atoms with Gasteiger partial charge in [0.15, 0.2) is 5.01 Å². The van der Waals surface area contributed by atoms with E-state index < -0.39 is 0 Å². The van der Waals surface area contributed by atoms with Gasteiger partial charge in [-0.3, -0.25) is 0 Å². The van der Waals surface area contributed by atoms with Crippen molar-refractivity contribution in [1.82, 2.24) is 10.2 Å². The maximum Gasteiger partial charge on any atom is 0.203 e. The van der Waals surface area contributed by atoms with Crippen molar-refractivity contribution < 1.29 is 4.39 Å². The van der Waals surface area contributed by atoms with Gasteiger partial charge in [-0.15, -0.1) is 10.2 Å². The molecule has 1 aromatic carbocycles. The van der Waals surface area contributed by atoms with Gasteiger partial charge in [-0.25, -0.2) is 4.39 Å². The van der Waals surface area contributed by atoms with Crippen LogP contribution in [0.2, 0.25) is 0 Å². The van der Waals surface area contributed by atoms with Crippen LogP contribution in [0.3, 0.4) is 0 Å². The highest BCUT2D eigenvalue weighted by atomic mass is 79.9. The fourth-order valence-corrected chi connectivity index (χ4v) is 2.33. The molecule has 0 fully saturated rings. The molecule has 3 nitrogen and oxygen atoms in total. The van der Waals surface area contributed by atoms with E-state index >= 15 is 0 Å². The van der Waals surface area contributed by atoms with Gasteiger partial charge in [0.05, 0.1) is 0 Å². The highest BCUT2D eigenvalue weighted by Crippen LogP contribution is 2.31. The molecule has 2 rings (SSSR count). The zero-order chi connectivity index (χ0) is 10.1. The first-order chi connectivity index (χ1) is 6.66. The van der Waals surface area contributed by atoms with Crippen molar-refractivity contribution >= 4 is 32.4 Å². The fraction of sp³-hybridized carbons (Fsp3) is 0. The smallest absolute Gasteiger partial charge is 0.203 e. The quantitative estimate of drug-likeness (QED) is 0.869. The maximum absolute atomic E-state index is 12.8. The standard InChI is InChI=1S/C8H5BrFN3S/c9-6-3-4(10)1-2-5(6)7-12-13-8(11)14-7/h1-3H,(H2,11,13). The van der Waals surface area contributed by atoms with Gasteiger partial charge in [0.2, 0.25) is 5.13 Å². The van der Waals surface area contributed by atoms with Gasteiger partial charge in [-0.2, -0.15) is 0 Å². The van der Waals surface area contributed by atoms with Crippen LogP contribution in [0.4, 0.5) is 9.52 Å². The first kappa shape index (κ1) is 9.54. The summed E-state index contributed by atoms with van der Waals surface area (Å²) in [6, 6.07) is 4.39. The molecule has 1 aromatic heterocycles. The summed E-state index contributed by atoms with van der Waals surface area (Å²) in [6.45, 7) is 0. The van der Waals surface area contributed by atoms with Crippen molar-refractivity contribution in [1.29, 1.82) is 0 Å². The Morgan fingerprint density at radius 2 is 2.14 bits per heavy atom. The van der Waals surface area contributed by atoms with Gasteiger partial charge < -0.3 is 5.73 Å². The van der Waals surface area contributed by atoms with Crippen LogP contribution >= 0.6 is 27.3 Å². The molecule has 0 aliphatic rings. The Bertz CT molecular complexity index is 471. The predicted octanol–water partition coefficient (Wildman–Crippen LogP) is 2.69. The van der Waals surface area contributed by atoms with E-state index in [9.17, 15) is 4.39 Å². The number of halogens is 2. The number of benzene rings is 1. The summed E-state index contributed by atoms with van der Waals surface area (Å²) >= 11 is 4.52. The Morgan fingerprint density at radius 3 is 2.71 bits per heavy atom. The Morgan fingerprint density at radius 1 is 1.36 bits per heavy atom. The van der Waals surface area contributed by atoms with E-state index in [-0.39, 0.29) is 5.82 Å². The van der Waals surface area contributed by atoms with Crippen LogP contribution in [0.1, 0.15) is 0 Å². The largest absolute Gasteiger partial charge is 0.374 e. The summed E-state index contributed by atoms with van der Waals surface area (Å²) in [4.78, 5) is 0. The number of hydrogen-bond donors (Lipinski definition) is 1. The summed E-state index contributed by atoms with van der Waals surface area (Å²) < 4.78 is 13.4. The first-order valence-electron chi connectivity index (χ1n) is 3.71. The van der Waals surface area contributed by atoms with Crippen LogP contribution in [0.15, 0.2) is 22.7 Å². The molecule has 1 heterocycles. The zero-order valence-electron chi connectivity index (χ0n) is 6.87. The van der Waals surface area contributed by atoms with Gasteiger partial charge in [0.25, 0.3) is 0 Å². The van der Waals surface area contributed by atoms with Crippen molar-refractivity contribution in [3.63, 3.8) is 0 Å². The lowest BCUT2D eigenvalue weighted by Crippen LogP contribution is -1.81. The summed E-state index contributed by atoms with van der Waals surface area (Å²) in [5.74, 6) is -0.293. The lowest BCUT2D eigenvalue weighted by atomic mass is 10.2. The van der Waals surface area contributed by atoms with Gasteiger partial charge in [0, 0.05) is 10.0 Å². The first-order valence-corrected chi connectivity index (χ1v) is 5.32. The van der Waals surface area contributed by atoms with E-state index in [4.69, 9.17) is 5.73 Å². The van der Waals surface area contributed by atoms with Gasteiger partial charge in [-0.05, 0) is 34.1 Å². The number of hydrogen-bond acceptors (Lipinski definition) is 4. The van der Waals surface area contributed by atoms with Gasteiger partial charge >= 0.3 is 0 Å². The van der Waals surface area contributed by atoms with E-state index in [0.717, 1.165) is 5.56 Å². The van der Waals surface area contributed by atoms with E-state index in [1.807, 2.05) is 0 Å². The zero-order valence-corrected chi connectivity index (χ0v) is 9.27. The second-order valence-corrected chi connectivity index (χ2v) is 4.43. The summed E-state index contributed by atoms with van der Waals surface area (Å²) in [6.07, 6.45) is 0. The van der Waals surface area contributed by atoms with E-state index in [1.54, 1.807) is 6.07 Å². The van der Waals surface area contributed by atoms with Crippen molar-refractivity contribution in [2.24, 2.45) is 0 Å². The number of nitrogens with zero attached hydrogens (tertiary/aromatic N) is 2. The van der Waals surface area contributed by atoms with Crippen LogP contribution in [-0.2, 0) is 0 Å². The Balaban J connectivity index is 2.52. The molecule has 0 aliphatic heterocycles. The highest BCUT2D eigenvalue weighted by molar-refractivity contribution is 9.10. The molecule has 0 aliphatic carbocycles.